The van der Waals surface area contributed by atoms with Crippen LogP contribution in [0.25, 0.3) is 0 Å². The first-order chi connectivity index (χ1) is 14.9. The molecule has 8 atom stereocenters. The van der Waals surface area contributed by atoms with Gasteiger partial charge in [-0.3, -0.25) is 9.59 Å². The van der Waals surface area contributed by atoms with Crippen LogP contribution in [0.5, 0.6) is 0 Å². The number of rotatable bonds is 3. The Morgan fingerprint density at radius 3 is 2.66 bits per heavy atom. The lowest BCUT2D eigenvalue weighted by molar-refractivity contribution is -0.246. The van der Waals surface area contributed by atoms with E-state index >= 15 is 4.39 Å². The molecule has 32 heavy (non-hydrogen) atoms. The predicted molar refractivity (Wildman–Crippen MR) is 113 cm³/mol. The number of allylic oxidation sites excluding steroid dienone is 4. The first-order valence-electron chi connectivity index (χ1n) is 11.7. The number of aliphatic hydroxyl groups excluding tert-OH is 2. The van der Waals surface area contributed by atoms with Gasteiger partial charge in [0, 0.05) is 16.7 Å². The van der Waals surface area contributed by atoms with Crippen LogP contribution in [0.15, 0.2) is 23.3 Å². The predicted octanol–water partition coefficient (Wildman–Crippen LogP) is 2.81. The molecule has 7 heteroatoms. The highest BCUT2D eigenvalue weighted by Gasteiger charge is 2.80. The van der Waals surface area contributed by atoms with Crippen LogP contribution in [-0.2, 0) is 19.1 Å². The van der Waals surface area contributed by atoms with Crippen LogP contribution in [0, 0.1) is 22.7 Å². The Morgan fingerprint density at radius 2 is 2.00 bits per heavy atom. The number of aldehydes is 1. The molecular weight excluding hydrogens is 415 g/mol. The van der Waals surface area contributed by atoms with Crippen molar-refractivity contribution >= 4 is 12.1 Å². The van der Waals surface area contributed by atoms with Crippen LogP contribution >= 0.6 is 0 Å². The molecule has 0 radical (unpaired) electrons. The van der Waals surface area contributed by atoms with Gasteiger partial charge in [0.25, 0.3) is 0 Å². The molecule has 0 spiro atoms. The molecule has 0 aromatic rings. The molecule has 3 saturated carbocycles. The number of halogens is 1. The van der Waals surface area contributed by atoms with E-state index in [9.17, 15) is 19.8 Å². The van der Waals surface area contributed by atoms with Gasteiger partial charge in [-0.1, -0.05) is 24.6 Å². The van der Waals surface area contributed by atoms with Crippen LogP contribution < -0.4 is 0 Å². The van der Waals surface area contributed by atoms with Gasteiger partial charge in [-0.05, 0) is 64.4 Å². The minimum atomic E-state index is -1.98. The Balaban J connectivity index is 1.65. The fourth-order valence-electron chi connectivity index (χ4n) is 8.36. The van der Waals surface area contributed by atoms with Crippen LogP contribution in [0.3, 0.4) is 0 Å². The van der Waals surface area contributed by atoms with Gasteiger partial charge >= 0.3 is 0 Å². The second-order valence-electron chi connectivity index (χ2n) is 11.2. The number of hydrogen-bond donors (Lipinski definition) is 2. The standard InChI is InChI=1S/C25H33FO6/c1-21(2)31-20-10-17-16-8-7-15-14(12-27)6-5-9-22(15,3)24(16,26)18(29)11-23(17,4)25(20,32-21)19(30)13-28/h5,9,12,16-18,20,28-29H,6-8,10-11,13H2,1-4H3/t16-,17-,18-,20+,22-,23-,24-,25+/m0/s1. The summed E-state index contributed by atoms with van der Waals surface area (Å²) in [5.74, 6) is -2.30. The van der Waals surface area contributed by atoms with E-state index in [1.165, 1.54) is 0 Å². The highest BCUT2D eigenvalue weighted by atomic mass is 19.1. The number of alkyl halides is 1. The number of aliphatic hydroxyl groups is 2. The lowest BCUT2D eigenvalue weighted by atomic mass is 9.44. The molecule has 1 heterocycles. The summed E-state index contributed by atoms with van der Waals surface area (Å²) in [6.07, 6.45) is 4.47. The first-order valence-corrected chi connectivity index (χ1v) is 11.7. The number of ketones is 1. The topological polar surface area (TPSA) is 93.1 Å². The van der Waals surface area contributed by atoms with Gasteiger partial charge in [-0.2, -0.15) is 0 Å². The zero-order valence-electron chi connectivity index (χ0n) is 19.2. The van der Waals surface area contributed by atoms with E-state index in [-0.39, 0.29) is 12.3 Å². The van der Waals surface area contributed by atoms with Crippen LogP contribution in [-0.4, -0.2) is 58.2 Å². The van der Waals surface area contributed by atoms with E-state index in [0.29, 0.717) is 31.3 Å². The summed E-state index contributed by atoms with van der Waals surface area (Å²) in [4.78, 5) is 24.9. The molecule has 4 aliphatic carbocycles. The number of fused-ring (bicyclic) bond motifs is 7. The van der Waals surface area contributed by atoms with Crippen molar-refractivity contribution in [2.75, 3.05) is 6.61 Å². The number of ether oxygens (including phenoxy) is 2. The average molecular weight is 449 g/mol. The highest BCUT2D eigenvalue weighted by molar-refractivity contribution is 5.91. The number of carbonyl (C=O) groups excluding carboxylic acids is 2. The normalized spacial score (nSPS) is 51.0. The molecule has 0 aromatic carbocycles. The molecule has 5 rings (SSSR count). The van der Waals surface area contributed by atoms with Crippen molar-refractivity contribution in [3.05, 3.63) is 23.3 Å². The largest absolute Gasteiger partial charge is 0.390 e. The molecule has 0 bridgehead atoms. The summed E-state index contributed by atoms with van der Waals surface area (Å²) in [5, 5.41) is 21.3. The molecule has 6 nitrogen and oxygen atoms in total. The van der Waals surface area contributed by atoms with Gasteiger partial charge in [0.1, 0.15) is 12.9 Å². The first kappa shape index (κ1) is 22.4. The van der Waals surface area contributed by atoms with Crippen LogP contribution in [0.2, 0.25) is 0 Å². The number of hydrogen-bond acceptors (Lipinski definition) is 6. The van der Waals surface area contributed by atoms with Crippen molar-refractivity contribution in [2.24, 2.45) is 22.7 Å². The lowest BCUT2D eigenvalue weighted by Gasteiger charge is -2.63. The summed E-state index contributed by atoms with van der Waals surface area (Å²) >= 11 is 0. The van der Waals surface area contributed by atoms with Crippen molar-refractivity contribution in [3.8, 4) is 0 Å². The van der Waals surface area contributed by atoms with Crippen LogP contribution in [0.1, 0.15) is 59.8 Å². The average Bonchev–Trinajstić information content (AvgIpc) is 3.14. The molecule has 1 saturated heterocycles. The SMILES string of the molecule is CC1(C)O[C@@H]2C[C@H]3[C@@H]4CCC5=C(C=O)CC=C[C@]5(C)[C@@]4(F)[C@@H](O)C[C@]3(C)[C@]2(C(=O)CO)O1. The monoisotopic (exact) mass is 448 g/mol. The van der Waals surface area contributed by atoms with Crippen molar-refractivity contribution in [1.82, 2.24) is 0 Å². The highest BCUT2D eigenvalue weighted by Crippen LogP contribution is 2.72. The maximum atomic E-state index is 17.3. The van der Waals surface area contributed by atoms with E-state index < -0.39 is 58.4 Å². The van der Waals surface area contributed by atoms with E-state index in [2.05, 4.69) is 0 Å². The second kappa shape index (κ2) is 6.59. The third kappa shape index (κ3) is 2.33. The Morgan fingerprint density at radius 1 is 1.28 bits per heavy atom. The molecular formula is C25H33FO6. The Kier molecular flexibility index (Phi) is 4.61. The third-order valence-corrected chi connectivity index (χ3v) is 9.55. The summed E-state index contributed by atoms with van der Waals surface area (Å²) in [5.41, 5.74) is -4.00. The summed E-state index contributed by atoms with van der Waals surface area (Å²) in [6, 6.07) is 0. The van der Waals surface area contributed by atoms with Gasteiger partial charge < -0.3 is 19.7 Å². The molecule has 1 aliphatic heterocycles. The Labute approximate surface area is 187 Å². The smallest absolute Gasteiger partial charge is 0.193 e. The van der Waals surface area contributed by atoms with Crippen molar-refractivity contribution in [2.45, 2.75) is 89.1 Å². The molecule has 0 aromatic heterocycles. The molecule has 176 valence electrons. The summed E-state index contributed by atoms with van der Waals surface area (Å²) in [6.45, 7) is 6.46. The Bertz CT molecular complexity index is 941. The minimum Gasteiger partial charge on any atom is -0.390 e. The molecule has 0 amide bonds. The summed E-state index contributed by atoms with van der Waals surface area (Å²) < 4.78 is 29.7. The lowest BCUT2D eigenvalue weighted by Crippen LogP contribution is -2.70. The number of Topliss-reactive ketones (excluding diaryl/α,β-unsaturated/α-hetero) is 1. The van der Waals surface area contributed by atoms with E-state index in [0.717, 1.165) is 11.9 Å². The third-order valence-electron chi connectivity index (χ3n) is 9.55. The molecule has 2 N–H and O–H groups in total. The number of carbonyl (C=O) groups is 2. The van der Waals surface area contributed by atoms with Crippen molar-refractivity contribution < 1.29 is 33.7 Å². The maximum absolute atomic E-state index is 17.3. The quantitative estimate of drug-likeness (QED) is 0.510. The van der Waals surface area contributed by atoms with Gasteiger partial charge in [-0.15, -0.1) is 0 Å². The zero-order chi connectivity index (χ0) is 23.3. The van der Waals surface area contributed by atoms with Gasteiger partial charge in [0.2, 0.25) is 0 Å². The van der Waals surface area contributed by atoms with Gasteiger partial charge in [-0.25, -0.2) is 4.39 Å². The molecule has 5 aliphatic rings. The van der Waals surface area contributed by atoms with Crippen molar-refractivity contribution in [3.63, 3.8) is 0 Å². The van der Waals surface area contributed by atoms with E-state index in [1.807, 2.05) is 19.1 Å². The zero-order valence-corrected chi connectivity index (χ0v) is 19.2. The Hall–Kier alpha value is -1.41. The summed E-state index contributed by atoms with van der Waals surface area (Å²) in [7, 11) is 0. The maximum Gasteiger partial charge on any atom is 0.193 e. The second-order valence-corrected chi connectivity index (χ2v) is 11.2. The van der Waals surface area contributed by atoms with Gasteiger partial charge in [0.05, 0.1) is 12.2 Å². The van der Waals surface area contributed by atoms with E-state index in [4.69, 9.17) is 9.47 Å². The van der Waals surface area contributed by atoms with E-state index in [1.54, 1.807) is 20.8 Å². The van der Waals surface area contributed by atoms with Crippen molar-refractivity contribution in [1.29, 1.82) is 0 Å². The fourth-order valence-corrected chi connectivity index (χ4v) is 8.36. The molecule has 0 unspecified atom stereocenters. The van der Waals surface area contributed by atoms with Crippen LogP contribution in [0.4, 0.5) is 4.39 Å². The fraction of sp³-hybridized carbons (Fsp3) is 0.760. The van der Waals surface area contributed by atoms with Gasteiger partial charge in [0.15, 0.2) is 22.8 Å². The molecule has 4 fully saturated rings. The minimum absolute atomic E-state index is 0.0134.